The van der Waals surface area contributed by atoms with Crippen LogP contribution in [0, 0.1) is 0 Å². The van der Waals surface area contributed by atoms with Crippen molar-refractivity contribution in [2.24, 2.45) is 0 Å². The Bertz CT molecular complexity index is 518. The number of carbonyl (C=O) groups is 1. The van der Waals surface area contributed by atoms with E-state index in [4.69, 9.17) is 27.9 Å². The Balaban J connectivity index is 2.44. The average molecular weight is 316 g/mol. The topological polar surface area (TPSA) is 38.3 Å². The van der Waals surface area contributed by atoms with Crippen LogP contribution < -0.4 is 5.32 Å². The van der Waals surface area contributed by atoms with Crippen LogP contribution in [0.15, 0.2) is 24.3 Å². The second kappa shape index (κ2) is 5.55. The average Bonchev–Trinajstić information content (AvgIpc) is 2.32. The Morgan fingerprint density at radius 1 is 1.40 bits per heavy atom. The van der Waals surface area contributed by atoms with Gasteiger partial charge in [-0.05, 0) is 51.3 Å². The monoisotopic (exact) mass is 315 g/mol. The summed E-state index contributed by atoms with van der Waals surface area (Å²) in [5.41, 5.74) is -0.702. The third-order valence-corrected chi connectivity index (χ3v) is 4.32. The number of nitrogens with one attached hydrogen (secondary N) is 1. The van der Waals surface area contributed by atoms with Gasteiger partial charge in [0.05, 0.1) is 0 Å². The Kier molecular flexibility index (Phi) is 4.33. The van der Waals surface area contributed by atoms with Crippen molar-refractivity contribution in [1.29, 1.82) is 0 Å². The molecule has 0 aliphatic carbocycles. The van der Waals surface area contributed by atoms with Crippen LogP contribution >= 0.6 is 23.2 Å². The number of ether oxygens (including phenoxy) is 1. The molecule has 1 aliphatic heterocycles. The normalized spacial score (nSPS) is 28.9. The molecule has 20 heavy (non-hydrogen) atoms. The van der Waals surface area contributed by atoms with E-state index in [-0.39, 0.29) is 11.6 Å². The summed E-state index contributed by atoms with van der Waals surface area (Å²) in [6.45, 7) is 6.27. The quantitative estimate of drug-likeness (QED) is 0.819. The SMILES string of the molecule is CC1NC(C)(C)CCC1(OC(=O)Cl)c1cccc(Cl)c1. The zero-order valence-electron chi connectivity index (χ0n) is 11.9. The first-order chi connectivity index (χ1) is 9.25. The molecule has 0 amide bonds. The lowest BCUT2D eigenvalue weighted by Crippen LogP contribution is -2.60. The van der Waals surface area contributed by atoms with Crippen molar-refractivity contribution >= 4 is 28.6 Å². The van der Waals surface area contributed by atoms with Gasteiger partial charge in [0.1, 0.15) is 0 Å². The maximum atomic E-state index is 11.4. The van der Waals surface area contributed by atoms with Crippen LogP contribution in [0.2, 0.25) is 5.02 Å². The molecule has 1 saturated heterocycles. The standard InChI is InChI=1S/C15H19Cl2NO2/c1-10-15(20-13(17)19,8-7-14(2,3)18-10)11-5-4-6-12(16)9-11/h4-6,9-10,18H,7-8H2,1-3H3. The van der Waals surface area contributed by atoms with Gasteiger partial charge in [0.2, 0.25) is 0 Å². The maximum absolute atomic E-state index is 11.4. The molecule has 1 aromatic rings. The summed E-state index contributed by atoms with van der Waals surface area (Å²) in [4.78, 5) is 11.4. The molecule has 1 N–H and O–H groups in total. The molecule has 2 unspecified atom stereocenters. The lowest BCUT2D eigenvalue weighted by atomic mass is 9.75. The van der Waals surface area contributed by atoms with E-state index in [2.05, 4.69) is 19.2 Å². The Hall–Kier alpha value is -0.770. The summed E-state index contributed by atoms with van der Waals surface area (Å²) >= 11 is 11.6. The molecule has 0 aromatic heterocycles. The Morgan fingerprint density at radius 2 is 2.10 bits per heavy atom. The van der Waals surface area contributed by atoms with Gasteiger partial charge in [-0.25, -0.2) is 4.79 Å². The first kappa shape index (κ1) is 15.6. The van der Waals surface area contributed by atoms with Gasteiger partial charge in [-0.15, -0.1) is 0 Å². The van der Waals surface area contributed by atoms with Gasteiger partial charge >= 0.3 is 5.43 Å². The smallest absolute Gasteiger partial charge is 0.404 e. The number of rotatable bonds is 2. The van der Waals surface area contributed by atoms with Gasteiger partial charge < -0.3 is 10.1 Å². The molecule has 1 aliphatic rings. The minimum atomic E-state index is -0.793. The van der Waals surface area contributed by atoms with Crippen molar-refractivity contribution in [1.82, 2.24) is 5.32 Å². The van der Waals surface area contributed by atoms with E-state index < -0.39 is 11.0 Å². The van der Waals surface area contributed by atoms with Crippen LogP contribution in [-0.4, -0.2) is 17.0 Å². The fourth-order valence-electron chi connectivity index (χ4n) is 2.98. The van der Waals surface area contributed by atoms with Crippen molar-refractivity contribution in [3.05, 3.63) is 34.9 Å². The highest BCUT2D eigenvalue weighted by atomic mass is 35.5. The summed E-state index contributed by atoms with van der Waals surface area (Å²) in [6, 6.07) is 7.34. The summed E-state index contributed by atoms with van der Waals surface area (Å²) in [7, 11) is 0. The fraction of sp³-hybridized carbons (Fsp3) is 0.533. The van der Waals surface area contributed by atoms with Crippen molar-refractivity contribution in [2.45, 2.75) is 50.8 Å². The highest BCUT2D eigenvalue weighted by Crippen LogP contribution is 2.42. The molecular formula is C15H19Cl2NO2. The summed E-state index contributed by atoms with van der Waals surface area (Å²) in [5.74, 6) is 0. The summed E-state index contributed by atoms with van der Waals surface area (Å²) < 4.78 is 5.53. The van der Waals surface area contributed by atoms with Gasteiger partial charge in [-0.1, -0.05) is 23.7 Å². The molecule has 0 spiro atoms. The third kappa shape index (κ3) is 3.11. The zero-order chi connectivity index (χ0) is 15.0. The van der Waals surface area contributed by atoms with Gasteiger partial charge in [0.15, 0.2) is 5.60 Å². The summed E-state index contributed by atoms with van der Waals surface area (Å²) in [6.07, 6.45) is 1.57. The fourth-order valence-corrected chi connectivity index (χ4v) is 3.31. The minimum absolute atomic E-state index is 0.000210. The molecule has 0 saturated carbocycles. The van der Waals surface area contributed by atoms with E-state index in [1.165, 1.54) is 0 Å². The van der Waals surface area contributed by atoms with E-state index >= 15 is 0 Å². The molecule has 1 aromatic carbocycles. The second-order valence-electron chi connectivity index (χ2n) is 5.99. The molecule has 1 fully saturated rings. The number of benzene rings is 1. The van der Waals surface area contributed by atoms with E-state index in [1.54, 1.807) is 6.07 Å². The van der Waals surface area contributed by atoms with Crippen LogP contribution in [0.1, 0.15) is 39.2 Å². The molecule has 110 valence electrons. The largest absolute Gasteiger partial charge is 0.441 e. The molecule has 0 bridgehead atoms. The van der Waals surface area contributed by atoms with Crippen LogP contribution in [0.5, 0.6) is 0 Å². The van der Waals surface area contributed by atoms with Crippen molar-refractivity contribution in [3.63, 3.8) is 0 Å². The predicted molar refractivity (Wildman–Crippen MR) is 81.4 cm³/mol. The van der Waals surface area contributed by atoms with Crippen LogP contribution in [0.4, 0.5) is 4.79 Å². The van der Waals surface area contributed by atoms with Crippen LogP contribution in [0.25, 0.3) is 0 Å². The van der Waals surface area contributed by atoms with Gasteiger partial charge in [0, 0.05) is 28.2 Å². The first-order valence-electron chi connectivity index (χ1n) is 6.67. The van der Waals surface area contributed by atoms with E-state index in [9.17, 15) is 4.79 Å². The molecule has 1 heterocycles. The van der Waals surface area contributed by atoms with Gasteiger partial charge in [-0.2, -0.15) is 0 Å². The number of piperidine rings is 1. The molecule has 3 nitrogen and oxygen atoms in total. The maximum Gasteiger partial charge on any atom is 0.404 e. The first-order valence-corrected chi connectivity index (χ1v) is 7.43. The second-order valence-corrected chi connectivity index (χ2v) is 6.73. The Labute approximate surface area is 129 Å². The molecule has 2 rings (SSSR count). The van der Waals surface area contributed by atoms with Gasteiger partial charge in [0.25, 0.3) is 0 Å². The van der Waals surface area contributed by atoms with Crippen molar-refractivity contribution in [3.8, 4) is 0 Å². The Morgan fingerprint density at radius 3 is 2.65 bits per heavy atom. The zero-order valence-corrected chi connectivity index (χ0v) is 13.4. The van der Waals surface area contributed by atoms with E-state index in [0.717, 1.165) is 12.0 Å². The minimum Gasteiger partial charge on any atom is -0.441 e. The number of carbonyl (C=O) groups excluding carboxylic acids is 1. The van der Waals surface area contributed by atoms with Crippen LogP contribution in [0.3, 0.4) is 0 Å². The third-order valence-electron chi connectivity index (χ3n) is 4.00. The highest BCUT2D eigenvalue weighted by Gasteiger charge is 2.47. The molecular weight excluding hydrogens is 297 g/mol. The molecule has 5 heteroatoms. The highest BCUT2D eigenvalue weighted by molar-refractivity contribution is 6.61. The van der Waals surface area contributed by atoms with E-state index in [0.29, 0.717) is 11.4 Å². The van der Waals surface area contributed by atoms with E-state index in [1.807, 2.05) is 25.1 Å². The molecule has 0 radical (unpaired) electrons. The van der Waals surface area contributed by atoms with Crippen molar-refractivity contribution < 1.29 is 9.53 Å². The summed E-state index contributed by atoms with van der Waals surface area (Å²) in [5, 5.41) is 4.11. The van der Waals surface area contributed by atoms with Crippen LogP contribution in [-0.2, 0) is 10.3 Å². The predicted octanol–water partition coefficient (Wildman–Crippen LogP) is 4.46. The lowest BCUT2D eigenvalue weighted by Gasteiger charge is -2.48. The van der Waals surface area contributed by atoms with Crippen molar-refractivity contribution in [2.75, 3.05) is 0 Å². The lowest BCUT2D eigenvalue weighted by molar-refractivity contribution is -0.0479. The van der Waals surface area contributed by atoms with Gasteiger partial charge in [-0.3, -0.25) is 0 Å². The number of hydrogen-bond acceptors (Lipinski definition) is 3. The number of hydrogen-bond donors (Lipinski definition) is 1. The molecule has 2 atom stereocenters. The number of halogens is 2.